The molecule has 0 bridgehead atoms. The normalized spacial score (nSPS) is 17.4. The SMILES string of the molecule is Cn1ccn2nc(C3CC3)cc12. The first-order chi connectivity index (χ1) is 5.84. The van der Waals surface area contributed by atoms with E-state index in [4.69, 9.17) is 0 Å². The van der Waals surface area contributed by atoms with Gasteiger partial charge in [-0.05, 0) is 12.8 Å². The highest BCUT2D eigenvalue weighted by molar-refractivity contribution is 5.42. The molecule has 0 N–H and O–H groups in total. The van der Waals surface area contributed by atoms with Gasteiger partial charge in [0.25, 0.3) is 0 Å². The van der Waals surface area contributed by atoms with E-state index >= 15 is 0 Å². The van der Waals surface area contributed by atoms with Crippen molar-refractivity contribution in [1.82, 2.24) is 14.2 Å². The van der Waals surface area contributed by atoms with Crippen LogP contribution in [0.2, 0.25) is 0 Å². The highest BCUT2D eigenvalue weighted by atomic mass is 15.3. The van der Waals surface area contributed by atoms with Crippen molar-refractivity contribution in [3.05, 3.63) is 24.2 Å². The zero-order chi connectivity index (χ0) is 8.13. The Bertz CT molecular complexity index is 420. The molecule has 3 rings (SSSR count). The first kappa shape index (κ1) is 6.29. The Kier molecular flexibility index (Phi) is 1.00. The van der Waals surface area contributed by atoms with Gasteiger partial charge in [-0.1, -0.05) is 0 Å². The topological polar surface area (TPSA) is 22.2 Å². The second kappa shape index (κ2) is 1.91. The average Bonchev–Trinajstić information content (AvgIpc) is 2.73. The summed E-state index contributed by atoms with van der Waals surface area (Å²) in [4.78, 5) is 0. The maximum absolute atomic E-state index is 4.49. The molecule has 2 aromatic heterocycles. The molecule has 0 unspecified atom stereocenters. The van der Waals surface area contributed by atoms with Crippen molar-refractivity contribution in [2.24, 2.45) is 7.05 Å². The van der Waals surface area contributed by atoms with Crippen molar-refractivity contribution in [2.45, 2.75) is 18.8 Å². The smallest absolute Gasteiger partial charge is 0.135 e. The van der Waals surface area contributed by atoms with Crippen molar-refractivity contribution in [1.29, 1.82) is 0 Å². The second-order valence-electron chi connectivity index (χ2n) is 3.56. The molecule has 1 aliphatic carbocycles. The van der Waals surface area contributed by atoms with Crippen LogP contribution in [0.15, 0.2) is 18.5 Å². The van der Waals surface area contributed by atoms with Crippen molar-refractivity contribution in [3.8, 4) is 0 Å². The highest BCUT2D eigenvalue weighted by Crippen LogP contribution is 2.39. The molecule has 0 aromatic carbocycles. The van der Waals surface area contributed by atoms with Crippen molar-refractivity contribution < 1.29 is 0 Å². The fraction of sp³-hybridized carbons (Fsp3) is 0.444. The lowest BCUT2D eigenvalue weighted by Crippen LogP contribution is -1.84. The van der Waals surface area contributed by atoms with E-state index in [2.05, 4.69) is 15.7 Å². The maximum atomic E-state index is 4.49. The Morgan fingerprint density at radius 3 is 2.92 bits per heavy atom. The molecular formula is C9H11N3. The fourth-order valence-corrected chi connectivity index (χ4v) is 1.59. The van der Waals surface area contributed by atoms with Crippen LogP contribution in [0, 0.1) is 0 Å². The molecule has 0 spiro atoms. The van der Waals surface area contributed by atoms with E-state index in [0.717, 1.165) is 5.92 Å². The predicted molar refractivity (Wildman–Crippen MR) is 46.1 cm³/mol. The first-order valence-corrected chi connectivity index (χ1v) is 4.35. The van der Waals surface area contributed by atoms with E-state index in [0.29, 0.717) is 0 Å². The van der Waals surface area contributed by atoms with Gasteiger partial charge < -0.3 is 4.57 Å². The van der Waals surface area contributed by atoms with Crippen LogP contribution in [0.3, 0.4) is 0 Å². The number of aryl methyl sites for hydroxylation is 1. The van der Waals surface area contributed by atoms with Crippen LogP contribution in [0.25, 0.3) is 5.65 Å². The molecule has 0 amide bonds. The zero-order valence-electron chi connectivity index (χ0n) is 7.07. The van der Waals surface area contributed by atoms with Gasteiger partial charge in [-0.2, -0.15) is 5.10 Å². The summed E-state index contributed by atoms with van der Waals surface area (Å²) in [6.45, 7) is 0. The van der Waals surface area contributed by atoms with Crippen LogP contribution in [0.5, 0.6) is 0 Å². The maximum Gasteiger partial charge on any atom is 0.135 e. The van der Waals surface area contributed by atoms with Crippen LogP contribution < -0.4 is 0 Å². The fourth-order valence-electron chi connectivity index (χ4n) is 1.59. The van der Waals surface area contributed by atoms with Crippen LogP contribution in [0.1, 0.15) is 24.5 Å². The van der Waals surface area contributed by atoms with E-state index in [-0.39, 0.29) is 0 Å². The number of nitrogens with zero attached hydrogens (tertiary/aromatic N) is 3. The van der Waals surface area contributed by atoms with Gasteiger partial charge in [-0.25, -0.2) is 4.52 Å². The number of rotatable bonds is 1. The molecule has 0 atom stereocenters. The molecule has 0 aliphatic heterocycles. The summed E-state index contributed by atoms with van der Waals surface area (Å²) in [7, 11) is 2.05. The Labute approximate surface area is 70.6 Å². The first-order valence-electron chi connectivity index (χ1n) is 4.35. The van der Waals surface area contributed by atoms with Gasteiger partial charge in [0.1, 0.15) is 5.65 Å². The molecular weight excluding hydrogens is 150 g/mol. The third-order valence-corrected chi connectivity index (χ3v) is 2.52. The summed E-state index contributed by atoms with van der Waals surface area (Å²) in [6, 6.07) is 2.19. The lowest BCUT2D eigenvalue weighted by Gasteiger charge is -1.86. The molecule has 12 heavy (non-hydrogen) atoms. The van der Waals surface area contributed by atoms with Crippen LogP contribution in [-0.4, -0.2) is 14.2 Å². The zero-order valence-corrected chi connectivity index (χ0v) is 7.07. The van der Waals surface area contributed by atoms with E-state index in [1.165, 1.54) is 24.2 Å². The Morgan fingerprint density at radius 2 is 2.25 bits per heavy atom. The Balaban J connectivity index is 2.23. The van der Waals surface area contributed by atoms with Crippen molar-refractivity contribution in [2.75, 3.05) is 0 Å². The summed E-state index contributed by atoms with van der Waals surface area (Å²) in [5.41, 5.74) is 2.46. The highest BCUT2D eigenvalue weighted by Gasteiger charge is 2.26. The van der Waals surface area contributed by atoms with Crippen LogP contribution >= 0.6 is 0 Å². The van der Waals surface area contributed by atoms with Gasteiger partial charge in [-0.3, -0.25) is 0 Å². The van der Waals surface area contributed by atoms with E-state index in [1.807, 2.05) is 24.0 Å². The monoisotopic (exact) mass is 161 g/mol. The van der Waals surface area contributed by atoms with E-state index in [9.17, 15) is 0 Å². The minimum Gasteiger partial charge on any atom is -0.334 e. The van der Waals surface area contributed by atoms with Gasteiger partial charge >= 0.3 is 0 Å². The van der Waals surface area contributed by atoms with Gasteiger partial charge in [0.05, 0.1) is 5.69 Å². The average molecular weight is 161 g/mol. The number of hydrogen-bond acceptors (Lipinski definition) is 1. The van der Waals surface area contributed by atoms with Crippen LogP contribution in [-0.2, 0) is 7.05 Å². The van der Waals surface area contributed by atoms with Gasteiger partial charge in [-0.15, -0.1) is 0 Å². The van der Waals surface area contributed by atoms with Crippen molar-refractivity contribution in [3.63, 3.8) is 0 Å². The number of imidazole rings is 1. The van der Waals surface area contributed by atoms with E-state index < -0.39 is 0 Å². The Hall–Kier alpha value is -1.25. The van der Waals surface area contributed by atoms with Gasteiger partial charge in [0.2, 0.25) is 0 Å². The summed E-state index contributed by atoms with van der Waals surface area (Å²) in [5, 5.41) is 4.49. The predicted octanol–water partition coefficient (Wildman–Crippen LogP) is 1.55. The van der Waals surface area contributed by atoms with Gasteiger partial charge in [0.15, 0.2) is 0 Å². The minimum absolute atomic E-state index is 0.755. The molecule has 2 heterocycles. The summed E-state index contributed by atoms with van der Waals surface area (Å²) in [6.07, 6.45) is 6.67. The number of aromatic nitrogens is 3. The standard InChI is InChI=1S/C9H11N3/c1-11-4-5-12-9(11)6-8(10-12)7-2-3-7/h4-7H,2-3H2,1H3. The quantitative estimate of drug-likeness (QED) is 0.622. The van der Waals surface area contributed by atoms with E-state index in [1.54, 1.807) is 0 Å². The molecule has 62 valence electrons. The second-order valence-corrected chi connectivity index (χ2v) is 3.56. The number of hydrogen-bond donors (Lipinski definition) is 0. The molecule has 2 aromatic rings. The summed E-state index contributed by atoms with van der Waals surface area (Å²) < 4.78 is 4.05. The summed E-state index contributed by atoms with van der Waals surface area (Å²) >= 11 is 0. The molecule has 0 radical (unpaired) electrons. The molecule has 0 saturated heterocycles. The van der Waals surface area contributed by atoms with Crippen LogP contribution in [0.4, 0.5) is 0 Å². The third-order valence-electron chi connectivity index (χ3n) is 2.52. The molecule has 3 heteroatoms. The summed E-state index contributed by atoms with van der Waals surface area (Å²) in [5.74, 6) is 0.755. The lowest BCUT2D eigenvalue weighted by molar-refractivity contribution is 0.890. The molecule has 1 saturated carbocycles. The molecule has 1 aliphatic rings. The van der Waals surface area contributed by atoms with Crippen molar-refractivity contribution >= 4 is 5.65 Å². The third kappa shape index (κ3) is 0.734. The van der Waals surface area contributed by atoms with Gasteiger partial charge in [0, 0.05) is 31.4 Å². The lowest BCUT2D eigenvalue weighted by atomic mass is 10.3. The molecule has 1 fully saturated rings. The number of fused-ring (bicyclic) bond motifs is 1. The minimum atomic E-state index is 0.755. The molecule has 3 nitrogen and oxygen atoms in total. The largest absolute Gasteiger partial charge is 0.334 e. The Morgan fingerprint density at radius 1 is 1.42 bits per heavy atom.